The Morgan fingerprint density at radius 2 is 1.58 bits per heavy atom. The van der Waals surface area contributed by atoms with E-state index in [1.165, 1.54) is 0 Å². The average molecular weight is 258 g/mol. The third-order valence-electron chi connectivity index (χ3n) is 2.76. The summed E-state index contributed by atoms with van der Waals surface area (Å²) >= 11 is 0. The highest BCUT2D eigenvalue weighted by Gasteiger charge is 2.09. The van der Waals surface area contributed by atoms with Gasteiger partial charge in [-0.3, -0.25) is 0 Å². The van der Waals surface area contributed by atoms with Crippen LogP contribution in [0, 0.1) is 0 Å². The van der Waals surface area contributed by atoms with Gasteiger partial charge in [-0.05, 0) is 37.6 Å². The van der Waals surface area contributed by atoms with Crippen LogP contribution in [0.3, 0.4) is 0 Å². The van der Waals surface area contributed by atoms with Gasteiger partial charge in [0, 0.05) is 5.56 Å². The molecule has 0 saturated heterocycles. The van der Waals surface area contributed by atoms with Crippen LogP contribution >= 0.6 is 0 Å². The van der Waals surface area contributed by atoms with Crippen molar-refractivity contribution in [1.82, 2.24) is 0 Å². The second kappa shape index (κ2) is 6.14. The quantitative estimate of drug-likeness (QED) is 0.885. The van der Waals surface area contributed by atoms with Crippen molar-refractivity contribution in [2.24, 2.45) is 0 Å². The zero-order valence-electron chi connectivity index (χ0n) is 11.2. The van der Waals surface area contributed by atoms with E-state index in [2.05, 4.69) is 0 Å². The zero-order valence-corrected chi connectivity index (χ0v) is 11.2. The summed E-state index contributed by atoms with van der Waals surface area (Å²) < 4.78 is 11.1. The van der Waals surface area contributed by atoms with E-state index in [0.29, 0.717) is 19.0 Å². The number of phenolic OH excluding ortho intramolecular Hbond substituents is 1. The molecule has 0 aliphatic rings. The molecule has 3 nitrogen and oxygen atoms in total. The van der Waals surface area contributed by atoms with Gasteiger partial charge in [0.15, 0.2) is 11.5 Å². The van der Waals surface area contributed by atoms with Gasteiger partial charge in [-0.25, -0.2) is 0 Å². The Hall–Kier alpha value is -2.16. The molecule has 3 heteroatoms. The van der Waals surface area contributed by atoms with E-state index in [4.69, 9.17) is 9.47 Å². The third-order valence-corrected chi connectivity index (χ3v) is 2.76. The van der Waals surface area contributed by atoms with Gasteiger partial charge < -0.3 is 14.6 Å². The maximum atomic E-state index is 9.89. The van der Waals surface area contributed by atoms with Crippen molar-refractivity contribution in [3.8, 4) is 28.4 Å². The summed E-state index contributed by atoms with van der Waals surface area (Å²) in [5.41, 5.74) is 1.69. The lowest BCUT2D eigenvalue weighted by Crippen LogP contribution is -1.98. The van der Waals surface area contributed by atoms with Crippen molar-refractivity contribution in [3.63, 3.8) is 0 Å². The average Bonchev–Trinajstić information content (AvgIpc) is 2.42. The summed E-state index contributed by atoms with van der Waals surface area (Å²) in [5, 5.41) is 9.89. The molecule has 0 aliphatic heterocycles. The molecule has 0 bridgehead atoms. The fourth-order valence-corrected chi connectivity index (χ4v) is 1.94. The molecule has 0 unspecified atom stereocenters. The summed E-state index contributed by atoms with van der Waals surface area (Å²) in [7, 11) is 0. The molecular formula is C16H18O3. The van der Waals surface area contributed by atoms with Crippen LogP contribution in [0.2, 0.25) is 0 Å². The number of benzene rings is 2. The van der Waals surface area contributed by atoms with Gasteiger partial charge in [0.25, 0.3) is 0 Å². The Labute approximate surface area is 113 Å². The first-order valence-electron chi connectivity index (χ1n) is 6.44. The predicted octanol–water partition coefficient (Wildman–Crippen LogP) is 3.86. The Morgan fingerprint density at radius 1 is 0.895 bits per heavy atom. The first-order valence-corrected chi connectivity index (χ1v) is 6.44. The van der Waals surface area contributed by atoms with Crippen LogP contribution in [0.1, 0.15) is 13.8 Å². The lowest BCUT2D eigenvalue weighted by molar-refractivity contribution is 0.288. The van der Waals surface area contributed by atoms with E-state index in [1.807, 2.05) is 44.2 Å². The first kappa shape index (κ1) is 13.3. The number of hydrogen-bond donors (Lipinski definition) is 1. The van der Waals surface area contributed by atoms with Crippen LogP contribution in [0.15, 0.2) is 42.5 Å². The molecule has 0 amide bonds. The number of aromatic hydroxyl groups is 1. The van der Waals surface area contributed by atoms with Crippen molar-refractivity contribution in [2.45, 2.75) is 13.8 Å². The van der Waals surface area contributed by atoms with Crippen molar-refractivity contribution < 1.29 is 14.6 Å². The third kappa shape index (κ3) is 2.99. The molecule has 2 aromatic carbocycles. The Morgan fingerprint density at radius 3 is 2.26 bits per heavy atom. The van der Waals surface area contributed by atoms with Crippen LogP contribution in [0.25, 0.3) is 11.1 Å². The zero-order chi connectivity index (χ0) is 13.7. The van der Waals surface area contributed by atoms with Gasteiger partial charge in [-0.2, -0.15) is 0 Å². The predicted molar refractivity (Wildman–Crippen MR) is 75.9 cm³/mol. The van der Waals surface area contributed by atoms with Crippen LogP contribution < -0.4 is 9.47 Å². The molecule has 100 valence electrons. The largest absolute Gasteiger partial charge is 0.507 e. The monoisotopic (exact) mass is 258 g/mol. The molecule has 0 atom stereocenters. The number of hydrogen-bond acceptors (Lipinski definition) is 3. The Kier molecular flexibility index (Phi) is 4.29. The van der Waals surface area contributed by atoms with Crippen molar-refractivity contribution in [2.75, 3.05) is 13.2 Å². The number of ether oxygens (including phenoxy) is 2. The molecule has 0 heterocycles. The molecule has 0 fully saturated rings. The number of rotatable bonds is 5. The van der Waals surface area contributed by atoms with E-state index in [1.54, 1.807) is 12.1 Å². The van der Waals surface area contributed by atoms with Crippen molar-refractivity contribution >= 4 is 0 Å². The van der Waals surface area contributed by atoms with Gasteiger partial charge in [0.05, 0.1) is 13.2 Å². The van der Waals surface area contributed by atoms with E-state index >= 15 is 0 Å². The molecule has 0 saturated carbocycles. The standard InChI is InChI=1S/C16H18O3/c1-3-18-15-10-9-12(11-16(15)19-4-2)13-7-5-6-8-14(13)17/h5-11,17H,3-4H2,1-2H3. The summed E-state index contributed by atoms with van der Waals surface area (Å²) in [4.78, 5) is 0. The van der Waals surface area contributed by atoms with Crippen LogP contribution in [-0.4, -0.2) is 18.3 Å². The van der Waals surface area contributed by atoms with Gasteiger partial charge in [-0.15, -0.1) is 0 Å². The lowest BCUT2D eigenvalue weighted by Gasteiger charge is -2.13. The minimum absolute atomic E-state index is 0.258. The fraction of sp³-hybridized carbons (Fsp3) is 0.250. The Bertz CT molecular complexity index is 549. The van der Waals surface area contributed by atoms with Crippen molar-refractivity contribution in [1.29, 1.82) is 0 Å². The van der Waals surface area contributed by atoms with Crippen LogP contribution in [0.5, 0.6) is 17.2 Å². The van der Waals surface area contributed by atoms with E-state index in [-0.39, 0.29) is 5.75 Å². The van der Waals surface area contributed by atoms with Gasteiger partial charge >= 0.3 is 0 Å². The lowest BCUT2D eigenvalue weighted by atomic mass is 10.0. The topological polar surface area (TPSA) is 38.7 Å². The van der Waals surface area contributed by atoms with Gasteiger partial charge in [0.2, 0.25) is 0 Å². The molecule has 0 aliphatic carbocycles. The molecule has 0 radical (unpaired) electrons. The first-order chi connectivity index (χ1) is 9.26. The number of phenols is 1. The molecule has 0 aromatic heterocycles. The van der Waals surface area contributed by atoms with E-state index in [9.17, 15) is 5.11 Å². The second-order valence-corrected chi connectivity index (χ2v) is 4.04. The number of para-hydroxylation sites is 1. The highest BCUT2D eigenvalue weighted by molar-refractivity contribution is 5.72. The van der Waals surface area contributed by atoms with Gasteiger partial charge in [0.1, 0.15) is 5.75 Å². The summed E-state index contributed by atoms with van der Waals surface area (Å²) in [5.74, 6) is 1.68. The minimum Gasteiger partial charge on any atom is -0.507 e. The summed E-state index contributed by atoms with van der Waals surface area (Å²) in [6.07, 6.45) is 0. The summed E-state index contributed by atoms with van der Waals surface area (Å²) in [6.45, 7) is 5.04. The molecular weight excluding hydrogens is 240 g/mol. The molecule has 1 N–H and O–H groups in total. The maximum absolute atomic E-state index is 9.89. The highest BCUT2D eigenvalue weighted by Crippen LogP contribution is 2.35. The Balaban J connectivity index is 2.43. The highest BCUT2D eigenvalue weighted by atomic mass is 16.5. The SMILES string of the molecule is CCOc1ccc(-c2ccccc2O)cc1OCC. The molecule has 0 spiro atoms. The second-order valence-electron chi connectivity index (χ2n) is 4.04. The maximum Gasteiger partial charge on any atom is 0.161 e. The van der Waals surface area contributed by atoms with Crippen LogP contribution in [-0.2, 0) is 0 Å². The summed E-state index contributed by atoms with van der Waals surface area (Å²) in [6, 6.07) is 12.9. The molecule has 2 aromatic rings. The van der Waals surface area contributed by atoms with Crippen LogP contribution in [0.4, 0.5) is 0 Å². The fourth-order valence-electron chi connectivity index (χ4n) is 1.94. The van der Waals surface area contributed by atoms with E-state index < -0.39 is 0 Å². The van der Waals surface area contributed by atoms with Gasteiger partial charge in [-0.1, -0.05) is 24.3 Å². The molecule has 2 rings (SSSR count). The van der Waals surface area contributed by atoms with E-state index in [0.717, 1.165) is 16.9 Å². The normalized spacial score (nSPS) is 10.2. The van der Waals surface area contributed by atoms with Crippen molar-refractivity contribution in [3.05, 3.63) is 42.5 Å². The molecule has 19 heavy (non-hydrogen) atoms. The minimum atomic E-state index is 0.258. The smallest absolute Gasteiger partial charge is 0.161 e.